The molecule has 2 aliphatic heterocycles. The highest BCUT2D eigenvalue weighted by Crippen LogP contribution is 2.44. The SMILES string of the molecule is C#C[C@@]1(OCOC)[C@@H](CO)O[C@@H]2OC(C)(C)O[C@@H]21. The number of aliphatic hydroxyl groups excluding tert-OH is 1. The summed E-state index contributed by atoms with van der Waals surface area (Å²) in [5.74, 6) is 1.73. The highest BCUT2D eigenvalue weighted by atomic mass is 16.8. The fourth-order valence-electron chi connectivity index (χ4n) is 2.29. The third-order valence-electron chi connectivity index (χ3n) is 3.06. The monoisotopic (exact) mass is 258 g/mol. The molecule has 0 aliphatic carbocycles. The molecular formula is C12H18O6. The van der Waals surface area contributed by atoms with E-state index in [4.69, 9.17) is 30.1 Å². The van der Waals surface area contributed by atoms with Crippen molar-refractivity contribution >= 4 is 0 Å². The first-order valence-corrected chi connectivity index (χ1v) is 5.71. The Labute approximate surface area is 106 Å². The number of fused-ring (bicyclic) bond motifs is 1. The minimum Gasteiger partial charge on any atom is -0.394 e. The van der Waals surface area contributed by atoms with Crippen molar-refractivity contribution in [1.29, 1.82) is 0 Å². The average Bonchev–Trinajstić information content (AvgIpc) is 2.77. The molecule has 18 heavy (non-hydrogen) atoms. The molecule has 6 heteroatoms. The van der Waals surface area contributed by atoms with Crippen LogP contribution in [0.3, 0.4) is 0 Å². The van der Waals surface area contributed by atoms with Crippen molar-refractivity contribution in [1.82, 2.24) is 0 Å². The maximum Gasteiger partial charge on any atom is 0.191 e. The number of aliphatic hydroxyl groups is 1. The maximum absolute atomic E-state index is 9.36. The predicted molar refractivity (Wildman–Crippen MR) is 60.3 cm³/mol. The lowest BCUT2D eigenvalue weighted by Crippen LogP contribution is -2.51. The Balaban J connectivity index is 2.26. The zero-order valence-corrected chi connectivity index (χ0v) is 10.7. The Morgan fingerprint density at radius 1 is 1.39 bits per heavy atom. The van der Waals surface area contributed by atoms with Crippen molar-refractivity contribution in [3.05, 3.63) is 0 Å². The fourth-order valence-corrected chi connectivity index (χ4v) is 2.29. The molecule has 0 radical (unpaired) electrons. The summed E-state index contributed by atoms with van der Waals surface area (Å²) >= 11 is 0. The summed E-state index contributed by atoms with van der Waals surface area (Å²) in [6.07, 6.45) is 3.62. The molecule has 2 saturated heterocycles. The van der Waals surface area contributed by atoms with Gasteiger partial charge in [0.25, 0.3) is 0 Å². The van der Waals surface area contributed by atoms with Gasteiger partial charge in [-0.25, -0.2) is 0 Å². The van der Waals surface area contributed by atoms with Crippen molar-refractivity contribution < 1.29 is 28.8 Å². The maximum atomic E-state index is 9.36. The Kier molecular flexibility index (Phi) is 3.65. The van der Waals surface area contributed by atoms with E-state index in [0.717, 1.165) is 0 Å². The van der Waals surface area contributed by atoms with Gasteiger partial charge in [0.15, 0.2) is 23.8 Å². The fraction of sp³-hybridized carbons (Fsp3) is 0.833. The van der Waals surface area contributed by atoms with Crippen LogP contribution in [-0.2, 0) is 23.7 Å². The predicted octanol–water partition coefficient (Wildman–Crippen LogP) is -0.152. The van der Waals surface area contributed by atoms with E-state index in [2.05, 4.69) is 5.92 Å². The van der Waals surface area contributed by atoms with Crippen molar-refractivity contribution in [2.45, 2.75) is 43.7 Å². The first kappa shape index (κ1) is 13.7. The van der Waals surface area contributed by atoms with Gasteiger partial charge < -0.3 is 28.8 Å². The Hall–Kier alpha value is -0.680. The topological polar surface area (TPSA) is 66.4 Å². The zero-order chi connectivity index (χ0) is 13.4. The highest BCUT2D eigenvalue weighted by Gasteiger charge is 2.64. The summed E-state index contributed by atoms with van der Waals surface area (Å²) in [4.78, 5) is 0. The molecule has 2 aliphatic rings. The van der Waals surface area contributed by atoms with Crippen molar-refractivity contribution in [2.75, 3.05) is 20.5 Å². The second kappa shape index (κ2) is 4.78. The second-order valence-corrected chi connectivity index (χ2v) is 4.72. The third-order valence-corrected chi connectivity index (χ3v) is 3.06. The molecule has 102 valence electrons. The molecule has 2 rings (SSSR count). The number of hydrogen-bond acceptors (Lipinski definition) is 6. The molecule has 0 unspecified atom stereocenters. The van der Waals surface area contributed by atoms with Crippen LogP contribution in [0, 0.1) is 12.3 Å². The van der Waals surface area contributed by atoms with Crippen molar-refractivity contribution in [3.8, 4) is 12.3 Å². The largest absolute Gasteiger partial charge is 0.394 e. The molecule has 2 heterocycles. The number of methoxy groups -OCH3 is 1. The molecule has 0 aromatic heterocycles. The number of ether oxygens (including phenoxy) is 5. The van der Waals surface area contributed by atoms with Gasteiger partial charge in [-0.15, -0.1) is 6.42 Å². The van der Waals surface area contributed by atoms with E-state index in [1.807, 2.05) is 0 Å². The first-order chi connectivity index (χ1) is 8.49. The zero-order valence-electron chi connectivity index (χ0n) is 10.7. The molecule has 0 amide bonds. The quantitative estimate of drug-likeness (QED) is 0.558. The van der Waals surface area contributed by atoms with Crippen molar-refractivity contribution in [3.63, 3.8) is 0 Å². The van der Waals surface area contributed by atoms with Crippen LogP contribution in [0.5, 0.6) is 0 Å². The van der Waals surface area contributed by atoms with E-state index in [0.29, 0.717) is 0 Å². The molecule has 0 aromatic rings. The van der Waals surface area contributed by atoms with E-state index in [1.54, 1.807) is 13.8 Å². The molecule has 0 aromatic carbocycles. The van der Waals surface area contributed by atoms with Gasteiger partial charge >= 0.3 is 0 Å². The summed E-state index contributed by atoms with van der Waals surface area (Å²) in [5, 5.41) is 9.36. The molecule has 2 fully saturated rings. The van der Waals surface area contributed by atoms with Gasteiger partial charge in [-0.2, -0.15) is 0 Å². The van der Waals surface area contributed by atoms with Gasteiger partial charge in [0.2, 0.25) is 0 Å². The summed E-state index contributed by atoms with van der Waals surface area (Å²) in [6.45, 7) is 3.23. The third kappa shape index (κ3) is 2.03. The van der Waals surface area contributed by atoms with Crippen LogP contribution in [0.4, 0.5) is 0 Å². The summed E-state index contributed by atoms with van der Waals surface area (Å²) in [5.41, 5.74) is -1.21. The van der Waals surface area contributed by atoms with E-state index in [9.17, 15) is 5.11 Å². The summed E-state index contributed by atoms with van der Waals surface area (Å²) in [7, 11) is 1.49. The van der Waals surface area contributed by atoms with E-state index in [-0.39, 0.29) is 13.4 Å². The first-order valence-electron chi connectivity index (χ1n) is 5.71. The van der Waals surface area contributed by atoms with Gasteiger partial charge in [0.1, 0.15) is 12.9 Å². The van der Waals surface area contributed by atoms with Gasteiger partial charge in [-0.05, 0) is 13.8 Å². The van der Waals surface area contributed by atoms with Gasteiger partial charge in [0, 0.05) is 7.11 Å². The van der Waals surface area contributed by atoms with Crippen LogP contribution in [0.15, 0.2) is 0 Å². The van der Waals surface area contributed by atoms with E-state index < -0.39 is 29.9 Å². The Morgan fingerprint density at radius 2 is 2.11 bits per heavy atom. The minimum atomic E-state index is -1.21. The Bertz CT molecular complexity index is 349. The number of hydrogen-bond donors (Lipinski definition) is 1. The van der Waals surface area contributed by atoms with Gasteiger partial charge in [-0.1, -0.05) is 5.92 Å². The van der Waals surface area contributed by atoms with E-state index >= 15 is 0 Å². The Morgan fingerprint density at radius 3 is 2.67 bits per heavy atom. The number of rotatable bonds is 4. The molecule has 1 N–H and O–H groups in total. The van der Waals surface area contributed by atoms with Crippen molar-refractivity contribution in [2.24, 2.45) is 0 Å². The normalized spacial score (nSPS) is 41.6. The lowest BCUT2D eigenvalue weighted by atomic mass is 9.93. The van der Waals surface area contributed by atoms with Crippen LogP contribution < -0.4 is 0 Å². The van der Waals surface area contributed by atoms with Gasteiger partial charge in [0.05, 0.1) is 6.61 Å². The molecular weight excluding hydrogens is 240 g/mol. The van der Waals surface area contributed by atoms with E-state index in [1.165, 1.54) is 7.11 Å². The van der Waals surface area contributed by atoms with Crippen LogP contribution in [-0.4, -0.2) is 55.5 Å². The molecule has 0 saturated carbocycles. The summed E-state index contributed by atoms with van der Waals surface area (Å²) in [6, 6.07) is 0. The van der Waals surface area contributed by atoms with Gasteiger partial charge in [-0.3, -0.25) is 0 Å². The molecule has 6 nitrogen and oxygen atoms in total. The number of terminal acetylenes is 1. The minimum absolute atomic E-state index is 0.0168. The molecule has 0 spiro atoms. The lowest BCUT2D eigenvalue weighted by Gasteiger charge is -2.32. The average molecular weight is 258 g/mol. The smallest absolute Gasteiger partial charge is 0.191 e. The molecule has 4 atom stereocenters. The van der Waals surface area contributed by atoms with Crippen LogP contribution >= 0.6 is 0 Å². The second-order valence-electron chi connectivity index (χ2n) is 4.72. The lowest BCUT2D eigenvalue weighted by molar-refractivity contribution is -0.240. The van der Waals surface area contributed by atoms with Crippen LogP contribution in [0.1, 0.15) is 13.8 Å². The van der Waals surface area contributed by atoms with Crippen LogP contribution in [0.25, 0.3) is 0 Å². The highest BCUT2D eigenvalue weighted by molar-refractivity contribution is 5.22. The molecule has 0 bridgehead atoms. The van der Waals surface area contributed by atoms with Crippen LogP contribution in [0.2, 0.25) is 0 Å². The summed E-state index contributed by atoms with van der Waals surface area (Å²) < 4.78 is 27.3. The standard InChI is InChI=1S/C12H18O6/c1-5-12(15-7-14-4)8(6-13)16-10-9(12)17-11(2,3)18-10/h1,8-10,13H,6-7H2,2-4H3/t8-,9+,10-,12-/m1/s1.